The second-order valence-corrected chi connectivity index (χ2v) is 7.65. The highest BCUT2D eigenvalue weighted by Crippen LogP contribution is 2.38. The van der Waals surface area contributed by atoms with Crippen molar-refractivity contribution in [1.29, 1.82) is 0 Å². The van der Waals surface area contributed by atoms with Gasteiger partial charge in [-0.2, -0.15) is 0 Å². The number of hydrogen-bond acceptors (Lipinski definition) is 4. The van der Waals surface area contributed by atoms with Crippen molar-refractivity contribution < 1.29 is 4.79 Å². The van der Waals surface area contributed by atoms with Gasteiger partial charge in [-0.3, -0.25) is 4.79 Å². The van der Waals surface area contributed by atoms with Crippen molar-refractivity contribution in [3.8, 4) is 0 Å². The molecule has 1 aliphatic heterocycles. The van der Waals surface area contributed by atoms with Crippen LogP contribution >= 0.6 is 11.3 Å². The number of imidazole rings is 1. The van der Waals surface area contributed by atoms with Gasteiger partial charge in [0.05, 0.1) is 29.5 Å². The standard InChI is InChI=1S/C18H18N4OS/c23-16-9-11(18-21-12-5-1-2-6-14(12)24-18)17-13(10-19-16)20-15-7-3-4-8-22(15)17/h3-4,7-8,11H,1-2,5-6,9-10H2,(H,19,23)/t11-/m1/s1. The molecule has 0 saturated carbocycles. The first-order valence-electron chi connectivity index (χ1n) is 8.50. The SMILES string of the molecule is O=C1C[C@@H](c2nc3c(s2)CCCC3)c2c(nc3ccccn23)CN1. The fourth-order valence-electron chi connectivity index (χ4n) is 3.82. The van der Waals surface area contributed by atoms with E-state index < -0.39 is 0 Å². The van der Waals surface area contributed by atoms with E-state index in [1.165, 1.54) is 23.4 Å². The van der Waals surface area contributed by atoms with Gasteiger partial charge in [0.1, 0.15) is 10.7 Å². The fourth-order valence-corrected chi connectivity index (χ4v) is 5.08. The van der Waals surface area contributed by atoms with Crippen LogP contribution in [-0.4, -0.2) is 20.3 Å². The minimum atomic E-state index is -0.00417. The van der Waals surface area contributed by atoms with Crippen molar-refractivity contribution in [2.75, 3.05) is 0 Å². The third-order valence-electron chi connectivity index (χ3n) is 4.98. The van der Waals surface area contributed by atoms with Gasteiger partial charge < -0.3 is 9.72 Å². The molecule has 0 bridgehead atoms. The molecule has 6 heteroatoms. The van der Waals surface area contributed by atoms with Gasteiger partial charge in [-0.15, -0.1) is 11.3 Å². The molecule has 5 nitrogen and oxygen atoms in total. The predicted octanol–water partition coefficient (Wildman–Crippen LogP) is 2.82. The molecule has 5 rings (SSSR count). The summed E-state index contributed by atoms with van der Waals surface area (Å²) in [6, 6.07) is 6.02. The van der Waals surface area contributed by atoms with Gasteiger partial charge in [-0.25, -0.2) is 9.97 Å². The molecule has 3 aromatic heterocycles. The first-order chi connectivity index (χ1) is 11.8. The average Bonchev–Trinajstić information content (AvgIpc) is 3.15. The van der Waals surface area contributed by atoms with E-state index in [0.29, 0.717) is 13.0 Å². The van der Waals surface area contributed by atoms with E-state index in [1.54, 1.807) is 11.3 Å². The van der Waals surface area contributed by atoms with Crippen molar-refractivity contribution in [3.05, 3.63) is 51.4 Å². The van der Waals surface area contributed by atoms with Crippen LogP contribution in [0.3, 0.4) is 0 Å². The third-order valence-corrected chi connectivity index (χ3v) is 6.25. The summed E-state index contributed by atoms with van der Waals surface area (Å²) in [7, 11) is 0. The van der Waals surface area contributed by atoms with E-state index in [1.807, 2.05) is 24.4 Å². The van der Waals surface area contributed by atoms with E-state index in [9.17, 15) is 4.79 Å². The number of aromatic nitrogens is 3. The molecule has 24 heavy (non-hydrogen) atoms. The zero-order chi connectivity index (χ0) is 16.1. The van der Waals surface area contributed by atoms with E-state index >= 15 is 0 Å². The molecule has 1 atom stereocenters. The third kappa shape index (κ3) is 2.17. The summed E-state index contributed by atoms with van der Waals surface area (Å²) in [5, 5.41) is 4.06. The quantitative estimate of drug-likeness (QED) is 0.742. The summed E-state index contributed by atoms with van der Waals surface area (Å²) < 4.78 is 2.13. The highest BCUT2D eigenvalue weighted by molar-refractivity contribution is 7.11. The summed E-state index contributed by atoms with van der Waals surface area (Å²) in [4.78, 5) is 23.3. The minimum absolute atomic E-state index is 0.00417. The molecule has 2 aliphatic rings. The number of thiazole rings is 1. The summed E-state index contributed by atoms with van der Waals surface area (Å²) in [5.41, 5.74) is 4.27. The number of fused-ring (bicyclic) bond motifs is 4. The summed E-state index contributed by atoms with van der Waals surface area (Å²) in [5.74, 6) is 0.0753. The van der Waals surface area contributed by atoms with Gasteiger partial charge in [0.15, 0.2) is 0 Å². The molecule has 1 aliphatic carbocycles. The number of carbonyl (C=O) groups is 1. The van der Waals surface area contributed by atoms with Gasteiger partial charge in [-0.05, 0) is 37.8 Å². The van der Waals surface area contributed by atoms with Crippen LogP contribution in [-0.2, 0) is 24.2 Å². The van der Waals surface area contributed by atoms with Gasteiger partial charge in [0, 0.05) is 17.5 Å². The van der Waals surface area contributed by atoms with E-state index in [0.717, 1.165) is 34.9 Å². The molecule has 0 fully saturated rings. The van der Waals surface area contributed by atoms with E-state index in [-0.39, 0.29) is 11.8 Å². The normalized spacial score (nSPS) is 20.3. The van der Waals surface area contributed by atoms with E-state index in [4.69, 9.17) is 9.97 Å². The van der Waals surface area contributed by atoms with Gasteiger partial charge >= 0.3 is 0 Å². The Bertz CT molecular complexity index is 918. The Hall–Kier alpha value is -2.21. The molecule has 1 amide bonds. The Morgan fingerprint density at radius 2 is 2.08 bits per heavy atom. The van der Waals surface area contributed by atoms with Crippen LogP contribution in [0, 0.1) is 0 Å². The second-order valence-electron chi connectivity index (χ2n) is 6.54. The van der Waals surface area contributed by atoms with Crippen LogP contribution in [0.5, 0.6) is 0 Å². The second kappa shape index (κ2) is 5.41. The van der Waals surface area contributed by atoms with Crippen molar-refractivity contribution in [3.63, 3.8) is 0 Å². The zero-order valence-corrected chi connectivity index (χ0v) is 14.1. The van der Waals surface area contributed by atoms with Crippen molar-refractivity contribution in [2.24, 2.45) is 0 Å². The minimum Gasteiger partial charge on any atom is -0.350 e. The van der Waals surface area contributed by atoms with Gasteiger partial charge in [-0.1, -0.05) is 6.07 Å². The molecule has 0 radical (unpaired) electrons. The number of nitrogens with zero attached hydrogens (tertiary/aromatic N) is 3. The Morgan fingerprint density at radius 3 is 3.00 bits per heavy atom. The van der Waals surface area contributed by atoms with Crippen LogP contribution in [0.4, 0.5) is 0 Å². The average molecular weight is 338 g/mol. The molecule has 122 valence electrons. The molecule has 1 N–H and O–H groups in total. The first-order valence-corrected chi connectivity index (χ1v) is 9.32. The summed E-state index contributed by atoms with van der Waals surface area (Å²) in [6.45, 7) is 0.497. The number of carbonyl (C=O) groups excluding carboxylic acids is 1. The summed E-state index contributed by atoms with van der Waals surface area (Å²) >= 11 is 1.80. The van der Waals surface area contributed by atoms with Crippen molar-refractivity contribution in [2.45, 2.75) is 44.6 Å². The van der Waals surface area contributed by atoms with Crippen LogP contribution in [0.15, 0.2) is 24.4 Å². The number of hydrogen-bond donors (Lipinski definition) is 1. The molecule has 0 aromatic carbocycles. The number of amides is 1. The largest absolute Gasteiger partial charge is 0.350 e. The Labute approximate surface area is 143 Å². The maximum absolute atomic E-state index is 12.2. The molecule has 4 heterocycles. The lowest BCUT2D eigenvalue weighted by Gasteiger charge is -2.12. The van der Waals surface area contributed by atoms with Crippen LogP contribution in [0.2, 0.25) is 0 Å². The monoisotopic (exact) mass is 338 g/mol. The lowest BCUT2D eigenvalue weighted by molar-refractivity contribution is -0.121. The molecule has 3 aromatic rings. The Kier molecular flexibility index (Phi) is 3.19. The lowest BCUT2D eigenvalue weighted by Crippen LogP contribution is -2.21. The first kappa shape index (κ1) is 14.2. The fraction of sp³-hybridized carbons (Fsp3) is 0.389. The highest BCUT2D eigenvalue weighted by atomic mass is 32.1. The topological polar surface area (TPSA) is 59.3 Å². The Morgan fingerprint density at radius 1 is 1.17 bits per heavy atom. The highest BCUT2D eigenvalue weighted by Gasteiger charge is 2.31. The molecule has 0 unspecified atom stereocenters. The zero-order valence-electron chi connectivity index (χ0n) is 13.3. The van der Waals surface area contributed by atoms with Crippen molar-refractivity contribution in [1.82, 2.24) is 19.7 Å². The molecular formula is C18H18N4OS. The summed E-state index contributed by atoms with van der Waals surface area (Å²) in [6.07, 6.45) is 7.17. The molecule has 0 spiro atoms. The number of nitrogens with one attached hydrogen (secondary N) is 1. The van der Waals surface area contributed by atoms with E-state index in [2.05, 4.69) is 9.72 Å². The number of aryl methyl sites for hydroxylation is 2. The van der Waals surface area contributed by atoms with Crippen LogP contribution in [0.1, 0.15) is 52.1 Å². The predicted molar refractivity (Wildman–Crippen MR) is 92.3 cm³/mol. The van der Waals surface area contributed by atoms with Crippen LogP contribution < -0.4 is 5.32 Å². The molecule has 0 saturated heterocycles. The van der Waals surface area contributed by atoms with Crippen LogP contribution in [0.25, 0.3) is 5.65 Å². The van der Waals surface area contributed by atoms with Crippen molar-refractivity contribution >= 4 is 22.9 Å². The van der Waals surface area contributed by atoms with Gasteiger partial charge in [0.25, 0.3) is 0 Å². The smallest absolute Gasteiger partial charge is 0.221 e. The Balaban J connectivity index is 1.69. The maximum atomic E-state index is 12.2. The molecular weight excluding hydrogens is 320 g/mol. The lowest BCUT2D eigenvalue weighted by atomic mass is 10.0. The number of pyridine rings is 1. The maximum Gasteiger partial charge on any atom is 0.221 e. The van der Waals surface area contributed by atoms with Gasteiger partial charge in [0.2, 0.25) is 5.91 Å². The number of rotatable bonds is 1.